The highest BCUT2D eigenvalue weighted by Gasteiger charge is 2.19. The van der Waals surface area contributed by atoms with E-state index in [0.717, 1.165) is 0 Å². The van der Waals surface area contributed by atoms with E-state index in [9.17, 15) is 16.8 Å². The van der Waals surface area contributed by atoms with Crippen molar-refractivity contribution in [2.75, 3.05) is 0 Å². The third-order valence-electron chi connectivity index (χ3n) is 2.98. The van der Waals surface area contributed by atoms with Crippen molar-refractivity contribution >= 4 is 20.0 Å². The first-order valence-corrected chi connectivity index (χ1v) is 9.24. The molecule has 0 amide bonds. The molecule has 0 saturated heterocycles. The van der Waals surface area contributed by atoms with Gasteiger partial charge in [-0.3, -0.25) is 4.68 Å². The van der Waals surface area contributed by atoms with Gasteiger partial charge in [-0.05, 0) is 24.6 Å². The largest absolute Gasteiger partial charge is 0.274 e. The Morgan fingerprint density at radius 2 is 1.77 bits per heavy atom. The Hall–Kier alpha value is -1.75. The van der Waals surface area contributed by atoms with Crippen LogP contribution in [0, 0.1) is 6.92 Å². The molecule has 1 aromatic heterocycles. The number of aromatic nitrogens is 2. The van der Waals surface area contributed by atoms with Gasteiger partial charge in [-0.25, -0.2) is 26.7 Å². The first-order chi connectivity index (χ1) is 10.1. The monoisotopic (exact) mass is 344 g/mol. The van der Waals surface area contributed by atoms with Crippen LogP contribution in [0.15, 0.2) is 40.3 Å². The number of nitrogens with two attached hydrogens (primary N) is 1. The standard InChI is InChI=1S/C12H16N4O4S2/c1-9-12(8-16(2)15-9)22(19,20)14-7-10-3-5-11(6-4-10)21(13,17)18/h3-6,8,14H,7H2,1-2H3,(H2,13,17,18). The van der Waals surface area contributed by atoms with Gasteiger partial charge >= 0.3 is 0 Å². The molecule has 0 fully saturated rings. The molecule has 0 aliphatic heterocycles. The predicted molar refractivity (Wildman–Crippen MR) is 79.8 cm³/mol. The first-order valence-electron chi connectivity index (χ1n) is 6.21. The van der Waals surface area contributed by atoms with Crippen LogP contribution in [0.3, 0.4) is 0 Å². The van der Waals surface area contributed by atoms with E-state index in [2.05, 4.69) is 9.82 Å². The molecule has 0 bridgehead atoms. The normalized spacial score (nSPS) is 12.5. The second kappa shape index (κ2) is 5.80. The molecule has 22 heavy (non-hydrogen) atoms. The van der Waals surface area contributed by atoms with Crippen LogP contribution >= 0.6 is 0 Å². The zero-order chi connectivity index (χ0) is 16.5. The molecule has 1 aromatic carbocycles. The molecule has 0 radical (unpaired) electrons. The molecule has 120 valence electrons. The Balaban J connectivity index is 2.14. The minimum absolute atomic E-state index is 0.0257. The maximum absolute atomic E-state index is 12.2. The lowest BCUT2D eigenvalue weighted by Gasteiger charge is -2.06. The second-order valence-corrected chi connectivity index (χ2v) is 8.06. The van der Waals surface area contributed by atoms with Crippen molar-refractivity contribution in [3.8, 4) is 0 Å². The lowest BCUT2D eigenvalue weighted by Crippen LogP contribution is -2.23. The van der Waals surface area contributed by atoms with Gasteiger partial charge in [-0.2, -0.15) is 5.10 Å². The highest BCUT2D eigenvalue weighted by atomic mass is 32.2. The second-order valence-electron chi connectivity index (χ2n) is 4.77. The molecule has 10 heteroatoms. The van der Waals surface area contributed by atoms with Crippen molar-refractivity contribution in [3.63, 3.8) is 0 Å². The third-order valence-corrected chi connectivity index (χ3v) is 5.41. The van der Waals surface area contributed by atoms with Gasteiger partial charge in [0.2, 0.25) is 20.0 Å². The quantitative estimate of drug-likeness (QED) is 0.781. The van der Waals surface area contributed by atoms with E-state index < -0.39 is 20.0 Å². The van der Waals surface area contributed by atoms with E-state index >= 15 is 0 Å². The fourth-order valence-electron chi connectivity index (χ4n) is 1.89. The van der Waals surface area contributed by atoms with Crippen LogP contribution in [-0.4, -0.2) is 26.6 Å². The van der Waals surface area contributed by atoms with E-state index in [1.807, 2.05) is 0 Å². The highest BCUT2D eigenvalue weighted by molar-refractivity contribution is 7.89. The van der Waals surface area contributed by atoms with Gasteiger partial charge < -0.3 is 0 Å². The van der Waals surface area contributed by atoms with Crippen LogP contribution in [-0.2, 0) is 33.6 Å². The summed E-state index contributed by atoms with van der Waals surface area (Å²) in [6, 6.07) is 5.65. The number of rotatable bonds is 5. The minimum Gasteiger partial charge on any atom is -0.274 e. The van der Waals surface area contributed by atoms with Crippen LogP contribution in [0.4, 0.5) is 0 Å². The van der Waals surface area contributed by atoms with Gasteiger partial charge in [-0.15, -0.1) is 0 Å². The van der Waals surface area contributed by atoms with Crippen molar-refractivity contribution in [1.29, 1.82) is 0 Å². The van der Waals surface area contributed by atoms with E-state index in [0.29, 0.717) is 11.3 Å². The average Bonchev–Trinajstić information content (AvgIpc) is 2.76. The number of hydrogen-bond acceptors (Lipinski definition) is 5. The highest BCUT2D eigenvalue weighted by Crippen LogP contribution is 2.14. The topological polar surface area (TPSA) is 124 Å². The van der Waals surface area contributed by atoms with Gasteiger partial charge in [0.25, 0.3) is 0 Å². The number of sulfonamides is 2. The van der Waals surface area contributed by atoms with Crippen LogP contribution < -0.4 is 9.86 Å². The summed E-state index contributed by atoms with van der Waals surface area (Å²) in [4.78, 5) is 0.0818. The number of hydrogen-bond donors (Lipinski definition) is 2. The maximum Gasteiger partial charge on any atom is 0.244 e. The summed E-state index contributed by atoms with van der Waals surface area (Å²) in [5.74, 6) is 0. The summed E-state index contributed by atoms with van der Waals surface area (Å²) >= 11 is 0. The molecule has 0 unspecified atom stereocenters. The fourth-order valence-corrected chi connectivity index (χ4v) is 3.64. The molecular formula is C12H16N4O4S2. The minimum atomic E-state index is -3.76. The Morgan fingerprint density at radius 3 is 2.23 bits per heavy atom. The lowest BCUT2D eigenvalue weighted by molar-refractivity contribution is 0.580. The molecule has 3 N–H and O–H groups in total. The summed E-state index contributed by atoms with van der Waals surface area (Å²) in [6.45, 7) is 1.64. The Bertz CT molecular complexity index is 884. The smallest absolute Gasteiger partial charge is 0.244 e. The van der Waals surface area contributed by atoms with Crippen molar-refractivity contribution in [2.45, 2.75) is 23.3 Å². The molecule has 8 nitrogen and oxygen atoms in total. The molecule has 0 spiro atoms. The molecule has 0 aliphatic rings. The zero-order valence-electron chi connectivity index (χ0n) is 12.0. The van der Waals surface area contributed by atoms with Gasteiger partial charge in [-0.1, -0.05) is 12.1 Å². The SMILES string of the molecule is Cc1nn(C)cc1S(=O)(=O)NCc1ccc(S(N)(=O)=O)cc1. The van der Waals surface area contributed by atoms with E-state index in [4.69, 9.17) is 5.14 Å². The predicted octanol–water partition coefficient (Wildman–Crippen LogP) is -0.146. The van der Waals surface area contributed by atoms with E-state index in [1.165, 1.54) is 35.1 Å². The molecule has 0 atom stereocenters. The van der Waals surface area contributed by atoms with Crippen molar-refractivity contribution in [2.24, 2.45) is 12.2 Å². The summed E-state index contributed by atoms with van der Waals surface area (Å²) in [7, 11) is -5.80. The molecule has 1 heterocycles. The maximum atomic E-state index is 12.2. The van der Waals surface area contributed by atoms with Crippen LogP contribution in [0.1, 0.15) is 11.3 Å². The first kappa shape index (κ1) is 16.6. The number of primary sulfonamides is 1. The van der Waals surface area contributed by atoms with Crippen molar-refractivity contribution in [1.82, 2.24) is 14.5 Å². The van der Waals surface area contributed by atoms with Gasteiger partial charge in [0.15, 0.2) is 0 Å². The van der Waals surface area contributed by atoms with Crippen LogP contribution in [0.25, 0.3) is 0 Å². The molecular weight excluding hydrogens is 328 g/mol. The third kappa shape index (κ3) is 3.71. The zero-order valence-corrected chi connectivity index (χ0v) is 13.6. The summed E-state index contributed by atoms with van der Waals surface area (Å²) in [5.41, 5.74) is 1.01. The van der Waals surface area contributed by atoms with Gasteiger partial charge in [0, 0.05) is 19.8 Å². The van der Waals surface area contributed by atoms with E-state index in [-0.39, 0.29) is 16.3 Å². The summed E-state index contributed by atoms with van der Waals surface area (Å²) in [6.07, 6.45) is 1.42. The molecule has 0 aliphatic carbocycles. The Labute approximate surface area is 129 Å². The van der Waals surface area contributed by atoms with Crippen molar-refractivity contribution < 1.29 is 16.8 Å². The average molecular weight is 344 g/mol. The van der Waals surface area contributed by atoms with Crippen LogP contribution in [0.5, 0.6) is 0 Å². The van der Waals surface area contributed by atoms with Gasteiger partial charge in [0.1, 0.15) is 4.90 Å². The molecule has 0 saturated carbocycles. The Morgan fingerprint density at radius 1 is 1.18 bits per heavy atom. The van der Waals surface area contributed by atoms with E-state index in [1.54, 1.807) is 14.0 Å². The fraction of sp³-hybridized carbons (Fsp3) is 0.250. The van der Waals surface area contributed by atoms with Gasteiger partial charge in [0.05, 0.1) is 10.6 Å². The summed E-state index contributed by atoms with van der Waals surface area (Å²) < 4.78 is 50.5. The lowest BCUT2D eigenvalue weighted by atomic mass is 10.2. The number of benzene rings is 1. The number of nitrogens with zero attached hydrogens (tertiary/aromatic N) is 2. The van der Waals surface area contributed by atoms with Crippen molar-refractivity contribution in [3.05, 3.63) is 41.7 Å². The Kier molecular flexibility index (Phi) is 4.38. The van der Waals surface area contributed by atoms with Crippen LogP contribution in [0.2, 0.25) is 0 Å². The number of aryl methyl sites for hydroxylation is 2. The molecule has 2 aromatic rings. The molecule has 2 rings (SSSR count). The summed E-state index contributed by atoms with van der Waals surface area (Å²) in [5, 5.41) is 8.98. The number of nitrogens with one attached hydrogen (secondary N) is 1.